The zero-order valence-electron chi connectivity index (χ0n) is 12.7. The van der Waals surface area contributed by atoms with E-state index in [2.05, 4.69) is 20.0 Å². The van der Waals surface area contributed by atoms with Gasteiger partial charge in [0.2, 0.25) is 0 Å². The van der Waals surface area contributed by atoms with Crippen molar-refractivity contribution in [3.05, 3.63) is 59.9 Å². The molecule has 0 bridgehead atoms. The number of carbonyl (C=O) groups excluding carboxylic acids is 1. The van der Waals surface area contributed by atoms with E-state index in [9.17, 15) is 13.6 Å². The van der Waals surface area contributed by atoms with Crippen LogP contribution in [-0.4, -0.2) is 22.5 Å². The van der Waals surface area contributed by atoms with E-state index in [4.69, 9.17) is 0 Å². The highest BCUT2D eigenvalue weighted by molar-refractivity contribution is 6.12. The Balaban J connectivity index is 1.98. The number of hydrogen-bond acceptors (Lipinski definition) is 4. The molecule has 24 heavy (non-hydrogen) atoms. The molecular weight excluding hydrogens is 316 g/mol. The second kappa shape index (κ2) is 6.57. The van der Waals surface area contributed by atoms with Crippen molar-refractivity contribution in [2.45, 2.75) is 13.5 Å². The van der Waals surface area contributed by atoms with Gasteiger partial charge in [0, 0.05) is 12.4 Å². The monoisotopic (exact) mass is 329 g/mol. The zero-order chi connectivity index (χ0) is 17.1. The molecule has 1 heterocycles. The summed E-state index contributed by atoms with van der Waals surface area (Å²) in [7, 11) is 0. The molecule has 7 heteroatoms. The molecule has 0 aliphatic heterocycles. The van der Waals surface area contributed by atoms with Gasteiger partial charge in [0.15, 0.2) is 0 Å². The average Bonchev–Trinajstić information content (AvgIpc) is 2.57. The van der Waals surface area contributed by atoms with Gasteiger partial charge in [-0.3, -0.25) is 14.8 Å². The minimum Gasteiger partial charge on any atom is -0.433 e. The molecule has 0 aliphatic carbocycles. The highest BCUT2D eigenvalue weighted by Gasteiger charge is 2.17. The van der Waals surface area contributed by atoms with Gasteiger partial charge in [-0.2, -0.15) is 8.78 Å². The van der Waals surface area contributed by atoms with Crippen LogP contribution < -0.4 is 10.1 Å². The number of aryl methyl sites for hydroxylation is 1. The normalized spacial score (nSPS) is 10.8. The smallest absolute Gasteiger partial charge is 0.387 e. The molecule has 0 unspecified atom stereocenters. The molecule has 0 atom stereocenters. The number of nitrogens with one attached hydrogen (secondary N) is 1. The van der Waals surface area contributed by atoms with E-state index in [1.807, 2.05) is 0 Å². The van der Waals surface area contributed by atoms with E-state index < -0.39 is 12.5 Å². The lowest BCUT2D eigenvalue weighted by molar-refractivity contribution is -0.0493. The van der Waals surface area contributed by atoms with Crippen molar-refractivity contribution in [2.24, 2.45) is 0 Å². The van der Waals surface area contributed by atoms with Crippen LogP contribution in [0.1, 0.15) is 15.9 Å². The van der Waals surface area contributed by atoms with Gasteiger partial charge in [0.25, 0.3) is 5.91 Å². The number of aromatic nitrogens is 2. The Morgan fingerprint density at radius 3 is 2.67 bits per heavy atom. The Morgan fingerprint density at radius 2 is 1.88 bits per heavy atom. The SMILES string of the molecule is Cc1cccc(OC(F)F)c1NC(=O)c1cccc2nccnc12. The van der Waals surface area contributed by atoms with Gasteiger partial charge < -0.3 is 10.1 Å². The molecule has 0 radical (unpaired) electrons. The first-order valence-electron chi connectivity index (χ1n) is 7.12. The average molecular weight is 329 g/mol. The van der Waals surface area contributed by atoms with Crippen LogP contribution in [0.2, 0.25) is 0 Å². The third-order valence-corrected chi connectivity index (χ3v) is 3.43. The number of ether oxygens (including phenoxy) is 1. The van der Waals surface area contributed by atoms with E-state index in [1.165, 1.54) is 18.5 Å². The first-order valence-corrected chi connectivity index (χ1v) is 7.12. The highest BCUT2D eigenvalue weighted by atomic mass is 19.3. The molecule has 0 aliphatic rings. The number of carbonyl (C=O) groups is 1. The number of nitrogens with zero attached hydrogens (tertiary/aromatic N) is 2. The number of para-hydroxylation sites is 2. The van der Waals surface area contributed by atoms with Crippen molar-refractivity contribution in [3.63, 3.8) is 0 Å². The molecule has 5 nitrogen and oxygen atoms in total. The van der Waals surface area contributed by atoms with Crippen molar-refractivity contribution in [3.8, 4) is 5.75 Å². The lowest BCUT2D eigenvalue weighted by Crippen LogP contribution is -2.15. The number of fused-ring (bicyclic) bond motifs is 1. The van der Waals surface area contributed by atoms with E-state index in [0.29, 0.717) is 22.2 Å². The zero-order valence-corrected chi connectivity index (χ0v) is 12.7. The van der Waals surface area contributed by atoms with Crippen LogP contribution in [0.25, 0.3) is 11.0 Å². The number of amides is 1. The van der Waals surface area contributed by atoms with Crippen molar-refractivity contribution in [1.82, 2.24) is 9.97 Å². The van der Waals surface area contributed by atoms with Gasteiger partial charge in [0.05, 0.1) is 16.8 Å². The summed E-state index contributed by atoms with van der Waals surface area (Å²) in [6.07, 6.45) is 3.01. The summed E-state index contributed by atoms with van der Waals surface area (Å²) in [5.41, 5.74) is 2.10. The number of hydrogen-bond donors (Lipinski definition) is 1. The quantitative estimate of drug-likeness (QED) is 0.791. The first kappa shape index (κ1) is 15.8. The summed E-state index contributed by atoms with van der Waals surface area (Å²) in [6, 6.07) is 9.65. The van der Waals surface area contributed by atoms with Gasteiger partial charge >= 0.3 is 6.61 Å². The maximum Gasteiger partial charge on any atom is 0.387 e. The molecule has 3 aromatic rings. The van der Waals surface area contributed by atoms with E-state index >= 15 is 0 Å². The number of halogens is 2. The van der Waals surface area contributed by atoms with Gasteiger partial charge in [-0.15, -0.1) is 0 Å². The summed E-state index contributed by atoms with van der Waals surface area (Å²) in [5, 5.41) is 2.63. The van der Waals surface area contributed by atoms with Crippen LogP contribution in [-0.2, 0) is 0 Å². The summed E-state index contributed by atoms with van der Waals surface area (Å²) in [5.74, 6) is -0.570. The fourth-order valence-electron chi connectivity index (χ4n) is 2.35. The molecule has 3 rings (SSSR count). The first-order chi connectivity index (χ1) is 11.6. The van der Waals surface area contributed by atoms with Crippen LogP contribution in [0.15, 0.2) is 48.8 Å². The molecule has 1 amide bonds. The summed E-state index contributed by atoms with van der Waals surface area (Å²) < 4.78 is 29.6. The van der Waals surface area contributed by atoms with E-state index in [1.54, 1.807) is 37.3 Å². The topological polar surface area (TPSA) is 64.1 Å². The molecular formula is C17H13F2N3O2. The molecule has 0 spiro atoms. The molecule has 122 valence electrons. The van der Waals surface area contributed by atoms with Crippen molar-refractivity contribution in [1.29, 1.82) is 0 Å². The number of benzene rings is 2. The van der Waals surface area contributed by atoms with Gasteiger partial charge in [-0.1, -0.05) is 18.2 Å². The van der Waals surface area contributed by atoms with Crippen LogP contribution in [0.4, 0.5) is 14.5 Å². The molecule has 1 aromatic heterocycles. The minimum absolute atomic E-state index is 0.0929. The lowest BCUT2D eigenvalue weighted by atomic mass is 10.1. The minimum atomic E-state index is -2.98. The summed E-state index contributed by atoms with van der Waals surface area (Å²) in [4.78, 5) is 20.9. The number of rotatable bonds is 4. The molecule has 2 aromatic carbocycles. The van der Waals surface area contributed by atoms with Crippen molar-refractivity contribution < 1.29 is 18.3 Å². The number of anilines is 1. The third-order valence-electron chi connectivity index (χ3n) is 3.43. The van der Waals surface area contributed by atoms with Gasteiger partial charge in [0.1, 0.15) is 11.3 Å². The largest absolute Gasteiger partial charge is 0.433 e. The standard InChI is InChI=1S/C17H13F2N3O2/c1-10-4-2-7-13(24-17(18)19)14(10)22-16(23)11-5-3-6-12-15(11)21-9-8-20-12/h2-9,17H,1H3,(H,22,23). The van der Waals surface area contributed by atoms with Crippen LogP contribution in [0.5, 0.6) is 5.75 Å². The van der Waals surface area contributed by atoms with Crippen LogP contribution in [0.3, 0.4) is 0 Å². The van der Waals surface area contributed by atoms with Crippen LogP contribution in [0, 0.1) is 6.92 Å². The van der Waals surface area contributed by atoms with Crippen molar-refractivity contribution >= 4 is 22.6 Å². The third kappa shape index (κ3) is 3.15. The predicted molar refractivity (Wildman–Crippen MR) is 85.3 cm³/mol. The fraction of sp³-hybridized carbons (Fsp3) is 0.118. The Hall–Kier alpha value is -3.09. The summed E-state index contributed by atoms with van der Waals surface area (Å²) in [6.45, 7) is -1.29. The lowest BCUT2D eigenvalue weighted by Gasteiger charge is -2.14. The Morgan fingerprint density at radius 1 is 1.12 bits per heavy atom. The second-order valence-electron chi connectivity index (χ2n) is 5.01. The van der Waals surface area contributed by atoms with Crippen LogP contribution >= 0.6 is 0 Å². The molecule has 0 fully saturated rings. The highest BCUT2D eigenvalue weighted by Crippen LogP contribution is 2.30. The van der Waals surface area contributed by atoms with Crippen molar-refractivity contribution in [2.75, 3.05) is 5.32 Å². The molecule has 1 N–H and O–H groups in total. The maximum atomic E-state index is 12.6. The van der Waals surface area contributed by atoms with Gasteiger partial charge in [-0.25, -0.2) is 0 Å². The van der Waals surface area contributed by atoms with Gasteiger partial charge in [-0.05, 0) is 30.7 Å². The fourth-order valence-corrected chi connectivity index (χ4v) is 2.35. The van der Waals surface area contributed by atoms with E-state index in [-0.39, 0.29) is 11.4 Å². The van der Waals surface area contributed by atoms with E-state index in [0.717, 1.165) is 0 Å². The predicted octanol–water partition coefficient (Wildman–Crippen LogP) is 3.79. The molecule has 0 saturated carbocycles. The number of alkyl halides is 2. The second-order valence-corrected chi connectivity index (χ2v) is 5.01. The maximum absolute atomic E-state index is 12.6. The Labute approximate surface area is 136 Å². The Bertz CT molecular complexity index is 895. The Kier molecular flexibility index (Phi) is 4.33. The molecule has 0 saturated heterocycles. The summed E-state index contributed by atoms with van der Waals surface area (Å²) >= 11 is 0.